The minimum Gasteiger partial charge on any atom is -0.368 e. The van der Waals surface area contributed by atoms with Crippen LogP contribution in [0.1, 0.15) is 48.3 Å². The van der Waals surface area contributed by atoms with Gasteiger partial charge >= 0.3 is 0 Å². The number of aromatic amines is 1. The normalized spacial score (nSPS) is 15.9. The molecule has 1 aliphatic rings. The molecule has 0 bridgehead atoms. The summed E-state index contributed by atoms with van der Waals surface area (Å²) in [6.07, 6.45) is 7.92. The molecule has 47 heavy (non-hydrogen) atoms. The molecular weight excluding hydrogens is 596 g/mol. The number of anilines is 1. The Morgan fingerprint density at radius 2 is 1.68 bits per heavy atom. The summed E-state index contributed by atoms with van der Waals surface area (Å²) in [4.78, 5) is 68.5. The first kappa shape index (κ1) is 32.5. The molecule has 240 valence electrons. The van der Waals surface area contributed by atoms with Crippen LogP contribution in [0, 0.1) is 12.3 Å². The number of benzene rings is 3. The molecule has 11 heteroatoms. The lowest BCUT2D eigenvalue weighted by Gasteiger charge is -2.30. The first-order valence-electron chi connectivity index (χ1n) is 15.4. The Hall–Kier alpha value is -5.89. The quantitative estimate of drug-likeness (QED) is 0.124. The monoisotopic (exact) mass is 632 g/mol. The van der Waals surface area contributed by atoms with E-state index in [0.717, 1.165) is 16.5 Å². The number of hydrogen-bond acceptors (Lipinski definition) is 5. The van der Waals surface area contributed by atoms with Gasteiger partial charge in [-0.3, -0.25) is 24.0 Å². The van der Waals surface area contributed by atoms with Gasteiger partial charge in [0.05, 0.1) is 0 Å². The molecule has 0 saturated carbocycles. The lowest BCUT2D eigenvalue weighted by atomic mass is 9.85. The van der Waals surface area contributed by atoms with Crippen molar-refractivity contribution in [2.75, 3.05) is 5.32 Å². The largest absolute Gasteiger partial charge is 0.368 e. The minimum atomic E-state index is -1.24. The molecule has 4 atom stereocenters. The van der Waals surface area contributed by atoms with Crippen LogP contribution < -0.4 is 27.0 Å². The van der Waals surface area contributed by atoms with Crippen LogP contribution in [0.2, 0.25) is 0 Å². The number of aromatic nitrogens is 1. The van der Waals surface area contributed by atoms with Crippen molar-refractivity contribution in [1.82, 2.24) is 20.9 Å². The molecule has 0 spiro atoms. The molecule has 7 N–H and O–H groups in total. The summed E-state index contributed by atoms with van der Waals surface area (Å²) in [7, 11) is 0. The minimum absolute atomic E-state index is 0.00978. The summed E-state index contributed by atoms with van der Waals surface area (Å²) in [5.74, 6) is -0.703. The summed E-state index contributed by atoms with van der Waals surface area (Å²) in [5.41, 5.74) is 9.24. The highest BCUT2D eigenvalue weighted by Gasteiger charge is 2.37. The van der Waals surface area contributed by atoms with Crippen molar-refractivity contribution in [2.24, 2.45) is 5.73 Å². The zero-order chi connectivity index (χ0) is 33.3. The number of terminal acetylenes is 1. The third-order valence-electron chi connectivity index (χ3n) is 8.28. The van der Waals surface area contributed by atoms with Gasteiger partial charge in [0.1, 0.15) is 18.1 Å². The number of amides is 5. The first-order valence-corrected chi connectivity index (χ1v) is 15.4. The van der Waals surface area contributed by atoms with E-state index in [-0.39, 0.29) is 43.9 Å². The number of rotatable bonds is 13. The lowest BCUT2D eigenvalue weighted by Crippen LogP contribution is -2.57. The van der Waals surface area contributed by atoms with Gasteiger partial charge in [-0.05, 0) is 54.3 Å². The molecule has 2 heterocycles. The summed E-state index contributed by atoms with van der Waals surface area (Å²) in [6.45, 7) is 0. The smallest absolute Gasteiger partial charge is 0.243 e. The number of para-hydroxylation sites is 1. The second-order valence-corrected chi connectivity index (χ2v) is 11.5. The zero-order valence-corrected chi connectivity index (χ0v) is 25.6. The van der Waals surface area contributed by atoms with Gasteiger partial charge in [0.2, 0.25) is 29.5 Å². The van der Waals surface area contributed by atoms with E-state index in [1.807, 2.05) is 54.6 Å². The molecule has 0 radical (unpaired) electrons. The number of primary amides is 1. The van der Waals surface area contributed by atoms with Crippen molar-refractivity contribution in [3.63, 3.8) is 0 Å². The van der Waals surface area contributed by atoms with Gasteiger partial charge in [0, 0.05) is 53.5 Å². The van der Waals surface area contributed by atoms with E-state index in [2.05, 4.69) is 32.2 Å². The number of carbonyl (C=O) groups is 5. The summed E-state index contributed by atoms with van der Waals surface area (Å²) >= 11 is 0. The number of hydrogen-bond donors (Lipinski definition) is 6. The van der Waals surface area contributed by atoms with E-state index >= 15 is 0 Å². The van der Waals surface area contributed by atoms with Gasteiger partial charge in [-0.25, -0.2) is 0 Å². The molecule has 3 aromatic carbocycles. The summed E-state index contributed by atoms with van der Waals surface area (Å²) < 4.78 is 0. The molecule has 11 nitrogen and oxygen atoms in total. The van der Waals surface area contributed by atoms with E-state index in [1.54, 1.807) is 30.5 Å². The predicted molar refractivity (Wildman–Crippen MR) is 178 cm³/mol. The Labute approximate surface area is 272 Å². The molecular formula is C36H36N6O5. The highest BCUT2D eigenvalue weighted by molar-refractivity contribution is 5.97. The van der Waals surface area contributed by atoms with Crippen molar-refractivity contribution in [3.05, 3.63) is 102 Å². The van der Waals surface area contributed by atoms with Crippen molar-refractivity contribution in [1.29, 1.82) is 0 Å². The van der Waals surface area contributed by atoms with Crippen LogP contribution >= 0.6 is 0 Å². The molecule has 5 rings (SSSR count). The maximum absolute atomic E-state index is 14.2. The van der Waals surface area contributed by atoms with Crippen molar-refractivity contribution < 1.29 is 24.0 Å². The number of nitrogens with two attached hydrogens (primary N) is 1. The van der Waals surface area contributed by atoms with Crippen molar-refractivity contribution in [3.8, 4) is 12.3 Å². The molecule has 0 unspecified atom stereocenters. The predicted octanol–water partition coefficient (Wildman–Crippen LogP) is 2.63. The fourth-order valence-corrected chi connectivity index (χ4v) is 5.81. The lowest BCUT2D eigenvalue weighted by molar-refractivity contribution is -0.132. The van der Waals surface area contributed by atoms with Crippen LogP contribution in [0.15, 0.2) is 85.1 Å². The van der Waals surface area contributed by atoms with E-state index < -0.39 is 41.8 Å². The third-order valence-corrected chi connectivity index (χ3v) is 8.28. The zero-order valence-electron chi connectivity index (χ0n) is 25.6. The topological polar surface area (TPSA) is 175 Å². The van der Waals surface area contributed by atoms with E-state index in [4.69, 9.17) is 12.2 Å². The molecule has 1 aliphatic heterocycles. The van der Waals surface area contributed by atoms with Gasteiger partial charge in [0.15, 0.2) is 0 Å². The molecule has 5 amide bonds. The van der Waals surface area contributed by atoms with Gasteiger partial charge in [0.25, 0.3) is 0 Å². The fourth-order valence-electron chi connectivity index (χ4n) is 5.81. The van der Waals surface area contributed by atoms with Crippen LogP contribution in [0.3, 0.4) is 0 Å². The Morgan fingerprint density at radius 1 is 0.957 bits per heavy atom. The molecule has 1 aromatic heterocycles. The summed E-state index contributed by atoms with van der Waals surface area (Å²) in [5, 5.41) is 11.9. The number of carbonyl (C=O) groups excluding carboxylic acids is 5. The maximum atomic E-state index is 14.2. The van der Waals surface area contributed by atoms with E-state index in [0.29, 0.717) is 16.8 Å². The third kappa shape index (κ3) is 8.23. The first-order chi connectivity index (χ1) is 22.7. The van der Waals surface area contributed by atoms with Gasteiger partial charge in [-0.15, -0.1) is 6.42 Å². The van der Waals surface area contributed by atoms with Crippen LogP contribution in [-0.2, 0) is 30.4 Å². The standard InChI is InChI=1S/C36H36N6O5/c1-2-22-12-14-24(15-13-22)39-31(43)18-16-26(27-21-38-28-11-7-6-10-25(27)28)33(42-35(46)29-17-19-32(44)40-29)36(47)41-30(34(37)45)20-23-8-4-3-5-9-23/h1,3-15,21,26,29-30,33,38H,16-20H2,(H2,37,45)(H,39,43)(H,40,44)(H,41,47)(H,42,46)/t26-,29+,30+,33+/m1/s1. The van der Waals surface area contributed by atoms with E-state index in [1.165, 1.54) is 0 Å². The van der Waals surface area contributed by atoms with Gasteiger partial charge in [-0.2, -0.15) is 0 Å². The molecule has 4 aromatic rings. The maximum Gasteiger partial charge on any atom is 0.243 e. The van der Waals surface area contributed by atoms with Crippen LogP contribution in [0.25, 0.3) is 10.9 Å². The van der Waals surface area contributed by atoms with Crippen LogP contribution in [0.4, 0.5) is 5.69 Å². The molecule has 1 saturated heterocycles. The van der Waals surface area contributed by atoms with Crippen LogP contribution in [-0.4, -0.2) is 52.6 Å². The highest BCUT2D eigenvalue weighted by atomic mass is 16.2. The number of fused-ring (bicyclic) bond motifs is 1. The Bertz CT molecular complexity index is 1810. The molecule has 1 fully saturated rings. The molecule has 0 aliphatic carbocycles. The number of nitrogens with one attached hydrogen (secondary N) is 5. The number of H-pyrrole nitrogens is 1. The van der Waals surface area contributed by atoms with E-state index in [9.17, 15) is 24.0 Å². The highest BCUT2D eigenvalue weighted by Crippen LogP contribution is 2.32. The fraction of sp³-hybridized carbons (Fsp3) is 0.250. The van der Waals surface area contributed by atoms with Gasteiger partial charge < -0.3 is 32.0 Å². The Morgan fingerprint density at radius 3 is 2.36 bits per heavy atom. The average molecular weight is 633 g/mol. The Balaban J connectivity index is 1.46. The van der Waals surface area contributed by atoms with Gasteiger partial charge in [-0.1, -0.05) is 54.5 Å². The van der Waals surface area contributed by atoms with Crippen LogP contribution in [0.5, 0.6) is 0 Å². The van der Waals surface area contributed by atoms with Crippen molar-refractivity contribution in [2.45, 2.75) is 56.1 Å². The SMILES string of the molecule is C#Cc1ccc(NC(=O)CC[C@H](c2c[nH]c3ccccc23)[C@H](NC(=O)[C@@H]2CCC(=O)N2)C(=O)N[C@@H](Cc2ccccc2)C(N)=O)cc1. The Kier molecular flexibility index (Phi) is 10.3. The summed E-state index contributed by atoms with van der Waals surface area (Å²) in [6, 6.07) is 20.3. The van der Waals surface area contributed by atoms with Crippen molar-refractivity contribution >= 4 is 46.1 Å². The second kappa shape index (κ2) is 14.9. The average Bonchev–Trinajstić information content (AvgIpc) is 3.71. The second-order valence-electron chi connectivity index (χ2n) is 11.5.